The van der Waals surface area contributed by atoms with Crippen LogP contribution in [-0.2, 0) is 13.3 Å². The predicted molar refractivity (Wildman–Crippen MR) is 128 cm³/mol. The van der Waals surface area contributed by atoms with E-state index < -0.39 is 8.80 Å². The average molecular weight is 433 g/mol. The van der Waals surface area contributed by atoms with E-state index in [4.69, 9.17) is 13.3 Å². The molecule has 1 atom stereocenters. The summed E-state index contributed by atoms with van der Waals surface area (Å²) in [6.45, 7) is 5.66. The highest BCUT2D eigenvalue weighted by Crippen LogP contribution is 2.27. The molecule has 29 heavy (non-hydrogen) atoms. The van der Waals surface area contributed by atoms with E-state index in [1.807, 2.05) is 0 Å². The fourth-order valence-electron chi connectivity index (χ4n) is 4.70. The molecule has 1 unspecified atom stereocenters. The van der Waals surface area contributed by atoms with Crippen LogP contribution in [0.3, 0.4) is 0 Å². The van der Waals surface area contributed by atoms with Crippen LogP contribution in [0.25, 0.3) is 0 Å². The molecule has 0 aliphatic carbocycles. The molecule has 4 nitrogen and oxygen atoms in total. The fraction of sp³-hybridized carbons (Fsp3) is 1.00. The zero-order valence-corrected chi connectivity index (χ0v) is 22.1. The van der Waals surface area contributed by atoms with Crippen molar-refractivity contribution in [3.8, 4) is 0 Å². The predicted octanol–water partition coefficient (Wildman–Crippen LogP) is 6.74. The first-order valence-electron chi connectivity index (χ1n) is 12.4. The molecule has 0 aromatic heterocycles. The maximum absolute atomic E-state index is 5.87. The summed E-state index contributed by atoms with van der Waals surface area (Å²) in [6, 6.07) is 0. The highest BCUT2D eigenvalue weighted by atomic mass is 28.4. The number of hydrogen-bond donors (Lipinski definition) is 0. The van der Waals surface area contributed by atoms with Crippen LogP contribution in [0, 0.1) is 0 Å². The molecule has 0 radical (unpaired) electrons. The van der Waals surface area contributed by atoms with Crippen LogP contribution < -0.4 is 0 Å². The summed E-state index contributed by atoms with van der Waals surface area (Å²) < 4.78 is 18.5. The van der Waals surface area contributed by atoms with E-state index in [2.05, 4.69) is 27.9 Å². The molecule has 0 heterocycles. The van der Waals surface area contributed by atoms with Gasteiger partial charge in [-0.3, -0.25) is 0 Å². The van der Waals surface area contributed by atoms with Crippen LogP contribution in [0.1, 0.15) is 110 Å². The number of rotatable bonds is 21. The maximum atomic E-state index is 5.87. The van der Waals surface area contributed by atoms with Crippen molar-refractivity contribution in [2.24, 2.45) is 0 Å². The number of nitrogens with zero attached hydrogens (tertiary/aromatic N) is 1. The Labute approximate surface area is 184 Å². The molecule has 0 amide bonds. The fourth-order valence-corrected chi connectivity index (χ4v) is 7.56. The Hall–Kier alpha value is 0.0569. The smallest absolute Gasteiger partial charge is 0.373 e. The Bertz CT molecular complexity index is 354. The van der Waals surface area contributed by atoms with Crippen LogP contribution >= 0.6 is 0 Å². The number of quaternary nitrogens is 1. The molecule has 0 saturated carbocycles. The van der Waals surface area contributed by atoms with Gasteiger partial charge in [0.05, 0.1) is 20.6 Å². The molecular formula is C24H54NO3Si+. The molecule has 0 bridgehead atoms. The highest BCUT2D eigenvalue weighted by Gasteiger charge is 2.55. The van der Waals surface area contributed by atoms with E-state index in [1.165, 1.54) is 83.5 Å². The van der Waals surface area contributed by atoms with Gasteiger partial charge in [0.2, 0.25) is 0 Å². The lowest BCUT2D eigenvalue weighted by molar-refractivity contribution is -0.906. The van der Waals surface area contributed by atoms with E-state index in [1.54, 1.807) is 21.3 Å². The van der Waals surface area contributed by atoms with E-state index >= 15 is 0 Å². The first-order chi connectivity index (χ1) is 13.9. The van der Waals surface area contributed by atoms with Gasteiger partial charge < -0.3 is 17.8 Å². The SMILES string of the molecule is CCCCCCCCCCCCCCCC([N+](C)(C)CCC)[Si](OC)(OC)OC. The Balaban J connectivity index is 4.12. The van der Waals surface area contributed by atoms with E-state index in [-0.39, 0.29) is 0 Å². The third kappa shape index (κ3) is 11.9. The van der Waals surface area contributed by atoms with Crippen molar-refractivity contribution in [2.75, 3.05) is 42.0 Å². The summed E-state index contributed by atoms with van der Waals surface area (Å²) in [5, 5.41) is 0. The van der Waals surface area contributed by atoms with Gasteiger partial charge in [-0.05, 0) is 12.8 Å². The second kappa shape index (κ2) is 17.7. The zero-order valence-electron chi connectivity index (χ0n) is 21.1. The van der Waals surface area contributed by atoms with Crippen molar-refractivity contribution >= 4 is 8.80 Å². The minimum Gasteiger partial charge on any atom is -0.373 e. The molecule has 0 N–H and O–H groups in total. The summed E-state index contributed by atoms with van der Waals surface area (Å²) >= 11 is 0. The molecule has 0 aliphatic rings. The first-order valence-corrected chi connectivity index (χ1v) is 14.2. The molecule has 0 rings (SSSR count). The first kappa shape index (κ1) is 29.1. The quantitative estimate of drug-likeness (QED) is 0.114. The summed E-state index contributed by atoms with van der Waals surface area (Å²) in [5.41, 5.74) is 0.301. The van der Waals surface area contributed by atoms with E-state index in [0.717, 1.165) is 23.9 Å². The lowest BCUT2D eigenvalue weighted by atomic mass is 10.0. The third-order valence-electron chi connectivity index (χ3n) is 6.49. The van der Waals surface area contributed by atoms with Crippen molar-refractivity contribution < 1.29 is 17.8 Å². The van der Waals surface area contributed by atoms with Crippen LogP contribution in [-0.4, -0.2) is 60.9 Å². The molecule has 0 spiro atoms. The van der Waals surface area contributed by atoms with Crippen molar-refractivity contribution in [3.05, 3.63) is 0 Å². The largest absolute Gasteiger partial charge is 0.561 e. The second-order valence-corrected chi connectivity index (χ2v) is 12.4. The molecule has 0 saturated heterocycles. The van der Waals surface area contributed by atoms with Gasteiger partial charge >= 0.3 is 8.80 Å². The van der Waals surface area contributed by atoms with Crippen molar-refractivity contribution in [1.29, 1.82) is 0 Å². The summed E-state index contributed by atoms with van der Waals surface area (Å²) in [4.78, 5) is 0. The van der Waals surface area contributed by atoms with Gasteiger partial charge in [-0.1, -0.05) is 90.9 Å². The van der Waals surface area contributed by atoms with E-state index in [9.17, 15) is 0 Å². The highest BCUT2D eigenvalue weighted by molar-refractivity contribution is 6.62. The van der Waals surface area contributed by atoms with Crippen LogP contribution in [0.2, 0.25) is 0 Å². The lowest BCUT2D eigenvalue weighted by Crippen LogP contribution is -2.67. The molecule has 5 heteroatoms. The zero-order chi connectivity index (χ0) is 22.0. The minimum atomic E-state index is -2.65. The number of hydrogen-bond acceptors (Lipinski definition) is 3. The van der Waals surface area contributed by atoms with Crippen LogP contribution in [0.5, 0.6) is 0 Å². The summed E-state index contributed by atoms with van der Waals surface area (Å²) in [5.74, 6) is 0. The molecule has 0 aromatic rings. The Morgan fingerprint density at radius 2 is 0.966 bits per heavy atom. The average Bonchev–Trinajstić information content (AvgIpc) is 2.71. The summed E-state index contributed by atoms with van der Waals surface area (Å²) in [7, 11) is 7.21. The van der Waals surface area contributed by atoms with Gasteiger partial charge in [0, 0.05) is 27.8 Å². The van der Waals surface area contributed by atoms with Crippen LogP contribution in [0.15, 0.2) is 0 Å². The standard InChI is InChI=1S/C24H54NO3Si/c1-8-10-11-12-13-14-15-16-17-18-19-20-21-22-24(25(3,4)23-9-2)29(26-5,27-6)28-7/h24H,8-23H2,1-7H3/q+1. The third-order valence-corrected chi connectivity index (χ3v) is 10.00. The molecule has 0 aromatic carbocycles. The Morgan fingerprint density at radius 1 is 0.586 bits per heavy atom. The Morgan fingerprint density at radius 3 is 1.31 bits per heavy atom. The number of unbranched alkanes of at least 4 members (excludes halogenated alkanes) is 12. The topological polar surface area (TPSA) is 27.7 Å². The molecule has 176 valence electrons. The molecule has 0 fully saturated rings. The Kier molecular flexibility index (Phi) is 17.7. The molecular weight excluding hydrogens is 378 g/mol. The summed E-state index contributed by atoms with van der Waals surface area (Å²) in [6.07, 6.45) is 20.3. The minimum absolute atomic E-state index is 0.301. The van der Waals surface area contributed by atoms with Crippen molar-refractivity contribution in [2.45, 2.75) is 116 Å². The van der Waals surface area contributed by atoms with Gasteiger partial charge in [0.25, 0.3) is 0 Å². The van der Waals surface area contributed by atoms with Gasteiger partial charge in [0.1, 0.15) is 0 Å². The van der Waals surface area contributed by atoms with Crippen molar-refractivity contribution in [1.82, 2.24) is 0 Å². The van der Waals surface area contributed by atoms with Crippen molar-refractivity contribution in [3.63, 3.8) is 0 Å². The van der Waals surface area contributed by atoms with Gasteiger partial charge in [-0.2, -0.15) is 0 Å². The maximum Gasteiger partial charge on any atom is 0.561 e. The normalized spacial score (nSPS) is 13.8. The van der Waals surface area contributed by atoms with Gasteiger partial charge in [0.15, 0.2) is 5.67 Å². The van der Waals surface area contributed by atoms with Gasteiger partial charge in [-0.15, -0.1) is 0 Å². The monoisotopic (exact) mass is 432 g/mol. The van der Waals surface area contributed by atoms with E-state index in [0.29, 0.717) is 5.67 Å². The second-order valence-electron chi connectivity index (χ2n) is 9.27. The lowest BCUT2D eigenvalue weighted by Gasteiger charge is -2.43. The molecule has 0 aliphatic heterocycles. The van der Waals surface area contributed by atoms with Gasteiger partial charge in [-0.25, -0.2) is 0 Å². The van der Waals surface area contributed by atoms with Crippen LogP contribution in [0.4, 0.5) is 0 Å².